The van der Waals surface area contributed by atoms with Gasteiger partial charge in [0.15, 0.2) is 10.3 Å². The third kappa shape index (κ3) is 3.92. The Labute approximate surface area is 159 Å². The van der Waals surface area contributed by atoms with E-state index in [4.69, 9.17) is 23.2 Å². The quantitative estimate of drug-likeness (QED) is 0.541. The molecule has 5 nitrogen and oxygen atoms in total. The van der Waals surface area contributed by atoms with Crippen molar-refractivity contribution >= 4 is 69.3 Å². The van der Waals surface area contributed by atoms with Crippen molar-refractivity contribution in [2.45, 2.75) is 0 Å². The van der Waals surface area contributed by atoms with Crippen LogP contribution in [0, 0.1) is 5.82 Å². The second-order valence-corrected chi connectivity index (χ2v) is 7.78. The zero-order valence-corrected chi connectivity index (χ0v) is 15.3. The molecule has 1 saturated heterocycles. The number of rotatable bonds is 4. The molecule has 0 saturated carbocycles. The zero-order chi connectivity index (χ0) is 18.1. The fraction of sp³-hybridized carbons (Fsp3) is 0.0667. The largest absolute Gasteiger partial charge is 0.293 e. The first-order valence-corrected chi connectivity index (χ1v) is 9.10. The Morgan fingerprint density at radius 1 is 1.24 bits per heavy atom. The summed E-state index contributed by atoms with van der Waals surface area (Å²) in [7, 11) is 0. The number of hydrogen-bond acceptors (Lipinski definition) is 6. The van der Waals surface area contributed by atoms with Crippen LogP contribution in [0.4, 0.5) is 9.18 Å². The van der Waals surface area contributed by atoms with Crippen molar-refractivity contribution < 1.29 is 18.8 Å². The van der Waals surface area contributed by atoms with Crippen molar-refractivity contribution in [3.8, 4) is 0 Å². The molecule has 0 spiro atoms. The second-order valence-electron chi connectivity index (χ2n) is 4.82. The molecule has 1 aliphatic heterocycles. The molecule has 0 bridgehead atoms. The molecule has 2 heterocycles. The highest BCUT2D eigenvalue weighted by Crippen LogP contribution is 2.36. The number of carbonyl (C=O) groups excluding carboxylic acids is 3. The standard InChI is InChI=1S/C15H7Cl2FN2O3S2/c16-12-10(24-14(17)19-12)5-11-13(22)20(15(23)25-11)6-9(21)7-1-3-8(18)4-2-7/h1-5H,6H2/b11-5-. The van der Waals surface area contributed by atoms with E-state index in [1.54, 1.807) is 0 Å². The topological polar surface area (TPSA) is 67.3 Å². The van der Waals surface area contributed by atoms with Gasteiger partial charge in [0, 0.05) is 5.56 Å². The summed E-state index contributed by atoms with van der Waals surface area (Å²) in [5.74, 6) is -1.56. The van der Waals surface area contributed by atoms with Gasteiger partial charge in [-0.15, -0.1) is 11.3 Å². The molecular formula is C15H7Cl2FN2O3S2. The minimum absolute atomic E-state index is 0.124. The third-order valence-electron chi connectivity index (χ3n) is 3.19. The summed E-state index contributed by atoms with van der Waals surface area (Å²) >= 11 is 13.4. The first kappa shape index (κ1) is 18.1. The normalized spacial score (nSPS) is 16.1. The highest BCUT2D eigenvalue weighted by molar-refractivity contribution is 8.18. The number of halogens is 3. The van der Waals surface area contributed by atoms with Gasteiger partial charge in [0.05, 0.1) is 16.3 Å². The first-order chi connectivity index (χ1) is 11.8. The molecule has 2 aromatic rings. The number of amides is 2. The van der Waals surface area contributed by atoms with E-state index in [2.05, 4.69) is 4.98 Å². The lowest BCUT2D eigenvalue weighted by atomic mass is 10.1. The smallest absolute Gasteiger partial charge is 0.292 e. The number of thiazole rings is 1. The van der Waals surface area contributed by atoms with E-state index in [1.807, 2.05) is 0 Å². The van der Waals surface area contributed by atoms with Crippen LogP contribution in [0.5, 0.6) is 0 Å². The van der Waals surface area contributed by atoms with Gasteiger partial charge >= 0.3 is 0 Å². The highest BCUT2D eigenvalue weighted by Gasteiger charge is 2.36. The average Bonchev–Trinajstić information content (AvgIpc) is 3.01. The van der Waals surface area contributed by atoms with Crippen molar-refractivity contribution in [3.63, 3.8) is 0 Å². The Balaban J connectivity index is 1.78. The molecule has 10 heteroatoms. The van der Waals surface area contributed by atoms with E-state index in [0.717, 1.165) is 28.4 Å². The number of imide groups is 1. The second kappa shape index (κ2) is 7.25. The van der Waals surface area contributed by atoms with Gasteiger partial charge in [-0.1, -0.05) is 23.2 Å². The van der Waals surface area contributed by atoms with Gasteiger partial charge in [0.1, 0.15) is 11.0 Å². The molecule has 1 aliphatic rings. The number of ketones is 1. The van der Waals surface area contributed by atoms with Crippen molar-refractivity contribution in [1.82, 2.24) is 9.88 Å². The van der Waals surface area contributed by atoms with E-state index >= 15 is 0 Å². The van der Waals surface area contributed by atoms with E-state index in [1.165, 1.54) is 18.2 Å². The molecule has 0 N–H and O–H groups in total. The monoisotopic (exact) mass is 416 g/mol. The molecule has 2 amide bonds. The highest BCUT2D eigenvalue weighted by atomic mass is 35.5. The Hall–Kier alpha value is -1.74. The van der Waals surface area contributed by atoms with Crippen molar-refractivity contribution in [2.75, 3.05) is 6.54 Å². The fourth-order valence-electron chi connectivity index (χ4n) is 2.00. The fourth-order valence-corrected chi connectivity index (χ4v) is 4.20. The van der Waals surface area contributed by atoms with E-state index < -0.39 is 29.3 Å². The van der Waals surface area contributed by atoms with Crippen LogP contribution in [0.15, 0.2) is 29.2 Å². The van der Waals surface area contributed by atoms with Gasteiger partial charge in [-0.25, -0.2) is 9.37 Å². The maximum atomic E-state index is 12.9. The van der Waals surface area contributed by atoms with Gasteiger partial charge in [-0.05, 0) is 42.1 Å². The number of carbonyl (C=O) groups is 3. The maximum Gasteiger partial charge on any atom is 0.293 e. The van der Waals surface area contributed by atoms with Crippen molar-refractivity contribution in [1.29, 1.82) is 0 Å². The molecule has 0 radical (unpaired) electrons. The molecule has 0 aliphatic carbocycles. The van der Waals surface area contributed by atoms with Crippen LogP contribution >= 0.6 is 46.3 Å². The van der Waals surface area contributed by atoms with Gasteiger partial charge in [-0.3, -0.25) is 19.3 Å². The van der Waals surface area contributed by atoms with Crippen molar-refractivity contribution in [2.24, 2.45) is 0 Å². The molecule has 0 unspecified atom stereocenters. The minimum Gasteiger partial charge on any atom is -0.292 e. The summed E-state index contributed by atoms with van der Waals surface area (Å²) in [5, 5.41) is -0.442. The molecule has 25 heavy (non-hydrogen) atoms. The lowest BCUT2D eigenvalue weighted by molar-refractivity contribution is -0.122. The van der Waals surface area contributed by atoms with Crippen LogP contribution in [0.3, 0.4) is 0 Å². The Kier molecular flexibility index (Phi) is 5.24. The van der Waals surface area contributed by atoms with Gasteiger partial charge < -0.3 is 0 Å². The van der Waals surface area contributed by atoms with Gasteiger partial charge in [-0.2, -0.15) is 0 Å². The van der Waals surface area contributed by atoms with Crippen molar-refractivity contribution in [3.05, 3.63) is 55.0 Å². The van der Waals surface area contributed by atoms with E-state index in [9.17, 15) is 18.8 Å². The number of thioether (sulfide) groups is 1. The molecular weight excluding hydrogens is 410 g/mol. The minimum atomic E-state index is -0.606. The van der Waals surface area contributed by atoms with Crippen LogP contribution in [0.1, 0.15) is 15.2 Å². The molecule has 3 rings (SSSR count). The molecule has 128 valence electrons. The summed E-state index contributed by atoms with van der Waals surface area (Å²) in [6.45, 7) is -0.426. The predicted molar refractivity (Wildman–Crippen MR) is 95.5 cm³/mol. The van der Waals surface area contributed by atoms with E-state index in [0.29, 0.717) is 16.6 Å². The number of aromatic nitrogens is 1. The van der Waals surface area contributed by atoms with Gasteiger partial charge in [0.2, 0.25) is 0 Å². The van der Waals surface area contributed by atoms with Crippen LogP contribution in [0.2, 0.25) is 9.62 Å². The molecule has 1 fully saturated rings. The number of hydrogen-bond donors (Lipinski definition) is 0. The first-order valence-electron chi connectivity index (χ1n) is 6.71. The number of Topliss-reactive ketones (excluding diaryl/α,β-unsaturated/α-hetero) is 1. The molecule has 1 aromatic heterocycles. The lowest BCUT2D eigenvalue weighted by Gasteiger charge is -2.11. The zero-order valence-electron chi connectivity index (χ0n) is 12.2. The summed E-state index contributed by atoms with van der Waals surface area (Å²) in [6.07, 6.45) is 1.42. The number of nitrogens with zero attached hydrogens (tertiary/aromatic N) is 2. The van der Waals surface area contributed by atoms with Crippen LogP contribution in [0.25, 0.3) is 6.08 Å². The van der Waals surface area contributed by atoms with E-state index in [-0.39, 0.29) is 20.1 Å². The average molecular weight is 417 g/mol. The molecule has 1 aromatic carbocycles. The summed E-state index contributed by atoms with van der Waals surface area (Å²) in [6, 6.07) is 4.87. The Morgan fingerprint density at radius 2 is 1.92 bits per heavy atom. The summed E-state index contributed by atoms with van der Waals surface area (Å²) in [5.41, 5.74) is 0.210. The summed E-state index contributed by atoms with van der Waals surface area (Å²) in [4.78, 5) is 41.8. The van der Waals surface area contributed by atoms with Crippen LogP contribution in [-0.2, 0) is 4.79 Å². The molecule has 0 atom stereocenters. The summed E-state index contributed by atoms with van der Waals surface area (Å²) < 4.78 is 13.1. The Morgan fingerprint density at radius 3 is 2.52 bits per heavy atom. The third-order valence-corrected chi connectivity index (χ3v) is 5.60. The number of benzene rings is 1. The van der Waals surface area contributed by atoms with Crippen LogP contribution < -0.4 is 0 Å². The SMILES string of the molecule is O=C(CN1C(=O)S/C(=C\c2sc(Cl)nc2Cl)C1=O)c1ccc(F)cc1. The lowest BCUT2D eigenvalue weighted by Crippen LogP contribution is -2.33. The Bertz CT molecular complexity index is 912. The van der Waals surface area contributed by atoms with Gasteiger partial charge in [0.25, 0.3) is 11.1 Å². The van der Waals surface area contributed by atoms with Crippen LogP contribution in [-0.4, -0.2) is 33.4 Å². The predicted octanol–water partition coefficient (Wildman–Crippen LogP) is 4.51. The maximum absolute atomic E-state index is 12.9.